The van der Waals surface area contributed by atoms with E-state index in [1.54, 1.807) is 0 Å². The van der Waals surface area contributed by atoms with E-state index in [1.165, 1.54) is 19.2 Å². The van der Waals surface area contributed by atoms with Crippen LogP contribution in [0.1, 0.15) is 17.5 Å². The summed E-state index contributed by atoms with van der Waals surface area (Å²) in [5.74, 6) is -0.812. The molecule has 0 bridgehead atoms. The van der Waals surface area contributed by atoms with Crippen molar-refractivity contribution in [3.63, 3.8) is 0 Å². The topological polar surface area (TPSA) is 55.4 Å². The van der Waals surface area contributed by atoms with E-state index in [4.69, 9.17) is 0 Å². The summed E-state index contributed by atoms with van der Waals surface area (Å²) in [6.07, 6.45) is -4.38. The summed E-state index contributed by atoms with van der Waals surface area (Å²) in [4.78, 5) is 22.3. The van der Waals surface area contributed by atoms with Crippen LogP contribution in [-0.4, -0.2) is 25.5 Å². The Kier molecular flexibility index (Phi) is 5.54. The average Bonchev–Trinajstić information content (AvgIpc) is 2.38. The second-order valence-electron chi connectivity index (χ2n) is 4.05. The van der Waals surface area contributed by atoms with Crippen molar-refractivity contribution >= 4 is 11.9 Å². The van der Waals surface area contributed by atoms with Gasteiger partial charge in [0.15, 0.2) is 0 Å². The molecule has 0 unspecified atom stereocenters. The van der Waals surface area contributed by atoms with Gasteiger partial charge in [0.05, 0.1) is 25.5 Å². The minimum atomic E-state index is -4.39. The first-order valence-electron chi connectivity index (χ1n) is 5.82. The van der Waals surface area contributed by atoms with Crippen molar-refractivity contribution in [1.82, 2.24) is 5.32 Å². The van der Waals surface area contributed by atoms with E-state index in [1.807, 2.05) is 0 Å². The van der Waals surface area contributed by atoms with Gasteiger partial charge < -0.3 is 10.1 Å². The molecule has 0 fully saturated rings. The van der Waals surface area contributed by atoms with Gasteiger partial charge in [-0.1, -0.05) is 12.1 Å². The van der Waals surface area contributed by atoms with Gasteiger partial charge in [0, 0.05) is 6.54 Å². The molecule has 0 aromatic heterocycles. The number of nitrogens with one attached hydrogen (secondary N) is 1. The number of hydrogen-bond donors (Lipinski definition) is 1. The highest BCUT2D eigenvalue weighted by atomic mass is 19.4. The van der Waals surface area contributed by atoms with E-state index in [0.29, 0.717) is 5.56 Å². The maximum absolute atomic E-state index is 12.3. The van der Waals surface area contributed by atoms with Gasteiger partial charge in [-0.15, -0.1) is 0 Å². The lowest BCUT2D eigenvalue weighted by atomic mass is 10.1. The van der Waals surface area contributed by atoms with Crippen LogP contribution in [0.5, 0.6) is 0 Å². The fraction of sp³-hybridized carbons (Fsp3) is 0.385. The molecule has 1 rings (SSSR count). The van der Waals surface area contributed by atoms with Crippen LogP contribution in [0.3, 0.4) is 0 Å². The van der Waals surface area contributed by atoms with Gasteiger partial charge in [0.25, 0.3) is 0 Å². The third kappa shape index (κ3) is 5.29. The molecule has 0 aliphatic heterocycles. The first-order valence-corrected chi connectivity index (χ1v) is 5.82. The molecule has 0 radical (unpaired) electrons. The van der Waals surface area contributed by atoms with Gasteiger partial charge in [0.1, 0.15) is 0 Å². The van der Waals surface area contributed by atoms with Crippen molar-refractivity contribution in [3.8, 4) is 0 Å². The van der Waals surface area contributed by atoms with Crippen molar-refractivity contribution in [2.24, 2.45) is 0 Å². The molecule has 0 heterocycles. The summed E-state index contributed by atoms with van der Waals surface area (Å²) in [5, 5.41) is 2.48. The van der Waals surface area contributed by atoms with Crippen LogP contribution >= 0.6 is 0 Å². The van der Waals surface area contributed by atoms with Crippen molar-refractivity contribution in [2.75, 3.05) is 13.7 Å². The molecule has 110 valence electrons. The number of hydrogen-bond acceptors (Lipinski definition) is 3. The van der Waals surface area contributed by atoms with Crippen LogP contribution in [0.4, 0.5) is 13.2 Å². The fourth-order valence-electron chi connectivity index (χ4n) is 1.47. The Morgan fingerprint density at radius 3 is 2.30 bits per heavy atom. The second-order valence-corrected chi connectivity index (χ2v) is 4.05. The van der Waals surface area contributed by atoms with Gasteiger partial charge in [-0.2, -0.15) is 13.2 Å². The number of benzene rings is 1. The summed E-state index contributed by atoms with van der Waals surface area (Å²) in [6, 6.07) is 4.36. The summed E-state index contributed by atoms with van der Waals surface area (Å²) in [6.45, 7) is 0.131. The molecule has 4 nitrogen and oxygen atoms in total. The van der Waals surface area contributed by atoms with Crippen LogP contribution in [0.15, 0.2) is 24.3 Å². The van der Waals surface area contributed by atoms with Crippen molar-refractivity contribution in [1.29, 1.82) is 0 Å². The number of ether oxygens (including phenoxy) is 1. The highest BCUT2D eigenvalue weighted by Crippen LogP contribution is 2.29. The zero-order valence-corrected chi connectivity index (χ0v) is 10.8. The first kappa shape index (κ1) is 16.0. The van der Waals surface area contributed by atoms with Gasteiger partial charge in [-0.3, -0.25) is 9.59 Å². The lowest BCUT2D eigenvalue weighted by Gasteiger charge is -2.08. The normalized spacial score (nSPS) is 11.0. The highest BCUT2D eigenvalue weighted by Gasteiger charge is 2.29. The van der Waals surface area contributed by atoms with Gasteiger partial charge in [-0.05, 0) is 17.7 Å². The third-order valence-electron chi connectivity index (χ3n) is 2.52. The molecule has 0 saturated carbocycles. The lowest BCUT2D eigenvalue weighted by Crippen LogP contribution is -2.27. The van der Waals surface area contributed by atoms with Crippen LogP contribution in [-0.2, 0) is 26.9 Å². The number of halogens is 3. The maximum Gasteiger partial charge on any atom is 0.416 e. The Hall–Kier alpha value is -2.05. The van der Waals surface area contributed by atoms with Gasteiger partial charge >= 0.3 is 12.1 Å². The maximum atomic E-state index is 12.3. The Morgan fingerprint density at radius 2 is 1.80 bits per heavy atom. The Morgan fingerprint density at radius 1 is 1.20 bits per heavy atom. The zero-order valence-electron chi connectivity index (χ0n) is 10.8. The smallest absolute Gasteiger partial charge is 0.416 e. The molecule has 1 N–H and O–H groups in total. The molecular formula is C13H14F3NO3. The third-order valence-corrected chi connectivity index (χ3v) is 2.52. The van der Waals surface area contributed by atoms with Crippen molar-refractivity contribution < 1.29 is 27.5 Å². The quantitative estimate of drug-likeness (QED) is 0.843. The molecule has 0 aliphatic rings. The summed E-state index contributed by atoms with van der Waals surface area (Å²) < 4.78 is 41.4. The fourth-order valence-corrected chi connectivity index (χ4v) is 1.47. The van der Waals surface area contributed by atoms with E-state index in [2.05, 4.69) is 10.1 Å². The molecule has 1 aromatic carbocycles. The number of carbonyl (C=O) groups is 2. The number of esters is 1. The Bertz CT molecular complexity index is 469. The SMILES string of the molecule is COC(=O)CCNC(=O)Cc1ccc(C(F)(F)F)cc1. The molecule has 0 spiro atoms. The molecule has 7 heteroatoms. The number of carbonyl (C=O) groups excluding carboxylic acids is 2. The summed E-state index contributed by atoms with van der Waals surface area (Å²) in [7, 11) is 1.24. The van der Waals surface area contributed by atoms with Gasteiger partial charge in [0.2, 0.25) is 5.91 Å². The van der Waals surface area contributed by atoms with E-state index in [9.17, 15) is 22.8 Å². The van der Waals surface area contributed by atoms with E-state index >= 15 is 0 Å². The van der Waals surface area contributed by atoms with E-state index in [0.717, 1.165) is 12.1 Å². The molecule has 1 aromatic rings. The van der Waals surface area contributed by atoms with Crippen LogP contribution in [0, 0.1) is 0 Å². The zero-order chi connectivity index (χ0) is 15.2. The molecular weight excluding hydrogens is 275 g/mol. The summed E-state index contributed by atoms with van der Waals surface area (Å²) in [5.41, 5.74) is -0.291. The standard InChI is InChI=1S/C13H14F3NO3/c1-20-12(19)6-7-17-11(18)8-9-2-4-10(5-3-9)13(14,15)16/h2-5H,6-8H2,1H3,(H,17,18). The monoisotopic (exact) mass is 289 g/mol. The molecule has 0 atom stereocenters. The van der Waals surface area contributed by atoms with Crippen molar-refractivity contribution in [2.45, 2.75) is 19.0 Å². The van der Waals surface area contributed by atoms with Crippen LogP contribution < -0.4 is 5.32 Å². The average molecular weight is 289 g/mol. The molecule has 1 amide bonds. The predicted octanol–water partition coefficient (Wildman–Crippen LogP) is 1.93. The minimum absolute atomic E-state index is 0.0424. The Labute approximate surface area is 113 Å². The van der Waals surface area contributed by atoms with Crippen molar-refractivity contribution in [3.05, 3.63) is 35.4 Å². The van der Waals surface area contributed by atoms with Crippen LogP contribution in [0.2, 0.25) is 0 Å². The van der Waals surface area contributed by atoms with Crippen LogP contribution in [0.25, 0.3) is 0 Å². The predicted molar refractivity (Wildman–Crippen MR) is 64.8 cm³/mol. The largest absolute Gasteiger partial charge is 0.469 e. The Balaban J connectivity index is 2.44. The van der Waals surface area contributed by atoms with E-state index in [-0.39, 0.29) is 25.3 Å². The molecule has 20 heavy (non-hydrogen) atoms. The first-order chi connectivity index (χ1) is 9.32. The molecule has 0 aliphatic carbocycles. The highest BCUT2D eigenvalue weighted by molar-refractivity contribution is 5.79. The second kappa shape index (κ2) is 6.93. The minimum Gasteiger partial charge on any atom is -0.469 e. The molecule has 0 saturated heterocycles. The summed E-state index contributed by atoms with van der Waals surface area (Å²) >= 11 is 0. The number of alkyl halides is 3. The lowest BCUT2D eigenvalue weighted by molar-refractivity contribution is -0.140. The number of rotatable bonds is 5. The van der Waals surface area contributed by atoms with Gasteiger partial charge in [-0.25, -0.2) is 0 Å². The van der Waals surface area contributed by atoms with E-state index < -0.39 is 17.7 Å². The number of methoxy groups -OCH3 is 1. The number of amides is 1.